The van der Waals surface area contributed by atoms with Crippen LogP contribution in [-0.2, 0) is 6.54 Å². The summed E-state index contributed by atoms with van der Waals surface area (Å²) in [7, 11) is 0. The molecular formula is C13H13ClN4O3. The van der Waals surface area contributed by atoms with Gasteiger partial charge in [-0.2, -0.15) is 0 Å². The highest BCUT2D eigenvalue weighted by Gasteiger charge is 2.12. The van der Waals surface area contributed by atoms with Gasteiger partial charge < -0.3 is 20.3 Å². The monoisotopic (exact) mass is 308 g/mol. The summed E-state index contributed by atoms with van der Waals surface area (Å²) in [6.07, 6.45) is 5.07. The zero-order chi connectivity index (χ0) is 15.2. The molecule has 1 aromatic carbocycles. The first-order valence-electron chi connectivity index (χ1n) is 6.09. The second-order valence-corrected chi connectivity index (χ2v) is 4.61. The van der Waals surface area contributed by atoms with Crippen molar-refractivity contribution >= 4 is 29.3 Å². The number of hydrogen-bond donors (Lipinski definition) is 3. The summed E-state index contributed by atoms with van der Waals surface area (Å²) < 4.78 is 1.81. The lowest BCUT2D eigenvalue weighted by Crippen LogP contribution is -2.31. The smallest absolute Gasteiger partial charge is 0.337 e. The number of urea groups is 1. The zero-order valence-corrected chi connectivity index (χ0v) is 11.7. The van der Waals surface area contributed by atoms with Gasteiger partial charge in [-0.1, -0.05) is 11.6 Å². The summed E-state index contributed by atoms with van der Waals surface area (Å²) in [5.41, 5.74) is 0.124. The number of halogens is 1. The molecule has 0 radical (unpaired) electrons. The highest BCUT2D eigenvalue weighted by Crippen LogP contribution is 2.20. The predicted octanol–water partition coefficient (Wildman–Crippen LogP) is 2.06. The van der Waals surface area contributed by atoms with Gasteiger partial charge in [0.05, 0.1) is 17.6 Å². The van der Waals surface area contributed by atoms with E-state index in [1.165, 1.54) is 18.2 Å². The van der Waals surface area contributed by atoms with Gasteiger partial charge in [-0.05, 0) is 18.2 Å². The Morgan fingerprint density at radius 2 is 2.19 bits per heavy atom. The first-order valence-corrected chi connectivity index (χ1v) is 6.47. The van der Waals surface area contributed by atoms with E-state index in [1.54, 1.807) is 18.7 Å². The van der Waals surface area contributed by atoms with Crippen LogP contribution in [0.3, 0.4) is 0 Å². The Balaban J connectivity index is 1.92. The van der Waals surface area contributed by atoms with E-state index < -0.39 is 12.0 Å². The van der Waals surface area contributed by atoms with Crippen LogP contribution in [-0.4, -0.2) is 33.2 Å². The van der Waals surface area contributed by atoms with Gasteiger partial charge in [-0.25, -0.2) is 14.6 Å². The summed E-state index contributed by atoms with van der Waals surface area (Å²) in [5.74, 6) is -1.16. The highest BCUT2D eigenvalue weighted by atomic mass is 35.5. The number of aromatic nitrogens is 2. The van der Waals surface area contributed by atoms with Crippen molar-refractivity contribution in [2.45, 2.75) is 6.54 Å². The van der Waals surface area contributed by atoms with Crippen molar-refractivity contribution in [1.82, 2.24) is 14.9 Å². The SMILES string of the molecule is O=C(NCCn1ccnc1)Nc1ccc(Cl)cc1C(=O)O. The topological polar surface area (TPSA) is 96.3 Å². The van der Waals surface area contributed by atoms with E-state index in [1.807, 2.05) is 4.57 Å². The highest BCUT2D eigenvalue weighted by molar-refractivity contribution is 6.31. The largest absolute Gasteiger partial charge is 0.478 e. The Labute approximate surface area is 125 Å². The van der Waals surface area contributed by atoms with Gasteiger partial charge in [0.25, 0.3) is 0 Å². The summed E-state index contributed by atoms with van der Waals surface area (Å²) in [6.45, 7) is 0.956. The molecule has 0 bridgehead atoms. The molecule has 0 saturated carbocycles. The maximum Gasteiger partial charge on any atom is 0.337 e. The van der Waals surface area contributed by atoms with Crippen molar-refractivity contribution in [3.05, 3.63) is 47.5 Å². The Hall–Kier alpha value is -2.54. The van der Waals surface area contributed by atoms with Crippen LogP contribution in [0, 0.1) is 0 Å². The molecule has 0 saturated heterocycles. The summed E-state index contributed by atoms with van der Waals surface area (Å²) >= 11 is 5.74. The van der Waals surface area contributed by atoms with E-state index in [0.29, 0.717) is 18.1 Å². The maximum atomic E-state index is 11.7. The standard InChI is InChI=1S/C13H13ClN4O3/c14-9-1-2-11(10(7-9)12(19)20)17-13(21)16-4-6-18-5-3-15-8-18/h1-3,5,7-8H,4,6H2,(H,19,20)(H2,16,17,21). The van der Waals surface area contributed by atoms with Gasteiger partial charge in [0.1, 0.15) is 0 Å². The summed E-state index contributed by atoms with van der Waals surface area (Å²) in [6, 6.07) is 3.75. The molecule has 8 heteroatoms. The number of hydrogen-bond acceptors (Lipinski definition) is 3. The minimum Gasteiger partial charge on any atom is -0.478 e. The van der Waals surface area contributed by atoms with Crippen molar-refractivity contribution in [3.63, 3.8) is 0 Å². The number of nitrogens with zero attached hydrogens (tertiary/aromatic N) is 2. The van der Waals surface area contributed by atoms with Crippen LogP contribution in [0.5, 0.6) is 0 Å². The maximum absolute atomic E-state index is 11.7. The fourth-order valence-electron chi connectivity index (χ4n) is 1.69. The van der Waals surface area contributed by atoms with Crippen molar-refractivity contribution in [2.24, 2.45) is 0 Å². The molecule has 0 spiro atoms. The van der Waals surface area contributed by atoms with E-state index >= 15 is 0 Å². The van der Waals surface area contributed by atoms with Gasteiger partial charge in [-0.3, -0.25) is 0 Å². The molecule has 0 atom stereocenters. The number of aromatic carboxylic acids is 1. The predicted molar refractivity (Wildman–Crippen MR) is 77.7 cm³/mol. The minimum atomic E-state index is -1.16. The van der Waals surface area contributed by atoms with Crippen molar-refractivity contribution in [3.8, 4) is 0 Å². The molecule has 2 amide bonds. The molecule has 2 aromatic rings. The number of carboxylic acids is 1. The number of anilines is 1. The van der Waals surface area contributed by atoms with Crippen LogP contribution in [0.25, 0.3) is 0 Å². The zero-order valence-electron chi connectivity index (χ0n) is 10.9. The second kappa shape index (κ2) is 6.76. The lowest BCUT2D eigenvalue weighted by molar-refractivity contribution is 0.0698. The number of carboxylic acid groups (broad SMARTS) is 1. The average Bonchev–Trinajstić information content (AvgIpc) is 2.94. The normalized spacial score (nSPS) is 10.1. The summed E-state index contributed by atoms with van der Waals surface area (Å²) in [4.78, 5) is 26.7. The third-order valence-corrected chi connectivity index (χ3v) is 2.91. The molecule has 1 heterocycles. The Kier molecular flexibility index (Phi) is 4.78. The van der Waals surface area contributed by atoms with Gasteiger partial charge >= 0.3 is 12.0 Å². The van der Waals surface area contributed by atoms with Crippen LogP contribution in [0.4, 0.5) is 10.5 Å². The second-order valence-electron chi connectivity index (χ2n) is 4.18. The molecule has 0 unspecified atom stereocenters. The van der Waals surface area contributed by atoms with E-state index in [2.05, 4.69) is 15.6 Å². The number of carbonyl (C=O) groups is 2. The fraction of sp³-hybridized carbons (Fsp3) is 0.154. The van der Waals surface area contributed by atoms with E-state index in [-0.39, 0.29) is 11.3 Å². The first kappa shape index (κ1) is 14.9. The quantitative estimate of drug-likeness (QED) is 0.787. The van der Waals surface area contributed by atoms with Crippen molar-refractivity contribution in [1.29, 1.82) is 0 Å². The number of imidazole rings is 1. The lowest BCUT2D eigenvalue weighted by atomic mass is 10.2. The first-order chi connectivity index (χ1) is 10.1. The van der Waals surface area contributed by atoms with Gasteiger partial charge in [-0.15, -0.1) is 0 Å². The van der Waals surface area contributed by atoms with E-state index in [9.17, 15) is 9.59 Å². The van der Waals surface area contributed by atoms with Gasteiger partial charge in [0.2, 0.25) is 0 Å². The molecule has 0 fully saturated rings. The third-order valence-electron chi connectivity index (χ3n) is 2.67. The van der Waals surface area contributed by atoms with Crippen LogP contribution in [0.1, 0.15) is 10.4 Å². The molecule has 2 rings (SSSR count). The van der Waals surface area contributed by atoms with E-state index in [4.69, 9.17) is 16.7 Å². The number of carbonyl (C=O) groups excluding carboxylic acids is 1. The van der Waals surface area contributed by atoms with E-state index in [0.717, 1.165) is 0 Å². The average molecular weight is 309 g/mol. The molecule has 0 aliphatic heterocycles. The number of benzene rings is 1. The Morgan fingerprint density at radius 3 is 2.86 bits per heavy atom. The van der Waals surface area contributed by atoms with Crippen LogP contribution >= 0.6 is 11.6 Å². The van der Waals surface area contributed by atoms with Crippen LogP contribution < -0.4 is 10.6 Å². The van der Waals surface area contributed by atoms with Crippen molar-refractivity contribution < 1.29 is 14.7 Å². The Morgan fingerprint density at radius 1 is 1.38 bits per heavy atom. The third kappa shape index (κ3) is 4.22. The molecule has 0 aliphatic rings. The summed E-state index contributed by atoms with van der Waals surface area (Å²) in [5, 5.41) is 14.5. The minimum absolute atomic E-state index is 0.0627. The van der Waals surface area contributed by atoms with Gasteiger partial charge in [0, 0.05) is 30.5 Å². The molecule has 7 nitrogen and oxygen atoms in total. The van der Waals surface area contributed by atoms with Crippen LogP contribution in [0.2, 0.25) is 5.02 Å². The molecule has 110 valence electrons. The molecular weight excluding hydrogens is 296 g/mol. The number of amides is 2. The number of nitrogens with one attached hydrogen (secondary N) is 2. The molecule has 3 N–H and O–H groups in total. The molecule has 21 heavy (non-hydrogen) atoms. The Bertz CT molecular complexity index is 643. The molecule has 0 aliphatic carbocycles. The lowest BCUT2D eigenvalue weighted by Gasteiger charge is -2.10. The fourth-order valence-corrected chi connectivity index (χ4v) is 1.86. The van der Waals surface area contributed by atoms with Crippen LogP contribution in [0.15, 0.2) is 36.9 Å². The molecule has 1 aromatic heterocycles. The van der Waals surface area contributed by atoms with Crippen molar-refractivity contribution in [2.75, 3.05) is 11.9 Å². The van der Waals surface area contributed by atoms with Gasteiger partial charge in [0.15, 0.2) is 0 Å². The number of rotatable bonds is 5.